The maximum Gasteiger partial charge on any atom is 0.263 e. The van der Waals surface area contributed by atoms with Crippen molar-refractivity contribution in [1.29, 1.82) is 0 Å². The number of thiophene rings is 1. The second-order valence-electron chi connectivity index (χ2n) is 5.14. The lowest BCUT2D eigenvalue weighted by Gasteiger charge is -2.06. The molecule has 1 heterocycles. The molecule has 23 heavy (non-hydrogen) atoms. The van der Waals surface area contributed by atoms with E-state index >= 15 is 0 Å². The Bertz CT molecular complexity index is 755. The summed E-state index contributed by atoms with van der Waals surface area (Å²) in [6.45, 7) is 3.79. The molecule has 0 spiro atoms. The van der Waals surface area contributed by atoms with Gasteiger partial charge in [-0.2, -0.15) is 0 Å². The highest BCUT2D eigenvalue weighted by Gasteiger charge is 2.19. The Morgan fingerprint density at radius 1 is 1.26 bits per heavy atom. The van der Waals surface area contributed by atoms with Crippen molar-refractivity contribution >= 4 is 27.3 Å². The zero-order chi connectivity index (χ0) is 16.9. The number of carbonyl (C=O) groups is 1. The maximum atomic E-state index is 12.1. The van der Waals surface area contributed by atoms with Crippen LogP contribution >= 0.6 is 11.3 Å². The van der Waals surface area contributed by atoms with Gasteiger partial charge in [-0.25, -0.2) is 8.42 Å². The van der Waals surface area contributed by atoms with Gasteiger partial charge in [0.25, 0.3) is 15.9 Å². The maximum absolute atomic E-state index is 12.1. The minimum Gasteiger partial charge on any atom is -0.349 e. The van der Waals surface area contributed by atoms with Gasteiger partial charge in [-0.15, -0.1) is 11.3 Å². The third-order valence-corrected chi connectivity index (χ3v) is 5.05. The summed E-state index contributed by atoms with van der Waals surface area (Å²) in [5, 5.41) is 4.12. The van der Waals surface area contributed by atoms with Crippen molar-refractivity contribution in [3.05, 3.63) is 52.2 Å². The van der Waals surface area contributed by atoms with Crippen LogP contribution in [0.5, 0.6) is 0 Å². The van der Waals surface area contributed by atoms with Crippen molar-refractivity contribution in [3.63, 3.8) is 0 Å². The molecule has 6 nitrogen and oxygen atoms in total. The molecule has 1 aromatic carbocycles. The first kappa shape index (κ1) is 17.6. The SMILES string of the molecule is CC(C)NC(=O)c1cc(S(=O)(=O)NOCc2ccccc2)cs1. The second-order valence-corrected chi connectivity index (χ2v) is 7.69. The van der Waals surface area contributed by atoms with E-state index in [0.717, 1.165) is 16.9 Å². The molecule has 2 N–H and O–H groups in total. The zero-order valence-electron chi connectivity index (χ0n) is 12.8. The summed E-state index contributed by atoms with van der Waals surface area (Å²) in [5.74, 6) is -0.295. The molecule has 0 saturated carbocycles. The van der Waals surface area contributed by atoms with Crippen LogP contribution in [-0.4, -0.2) is 20.4 Å². The Balaban J connectivity index is 1.97. The third-order valence-electron chi connectivity index (χ3n) is 2.78. The topological polar surface area (TPSA) is 84.5 Å². The number of rotatable bonds is 7. The number of hydrogen-bond acceptors (Lipinski definition) is 5. The zero-order valence-corrected chi connectivity index (χ0v) is 14.4. The molecule has 0 radical (unpaired) electrons. The lowest BCUT2D eigenvalue weighted by atomic mass is 10.2. The molecule has 0 saturated heterocycles. The summed E-state index contributed by atoms with van der Waals surface area (Å²) >= 11 is 1.07. The van der Waals surface area contributed by atoms with Crippen molar-refractivity contribution in [1.82, 2.24) is 10.2 Å². The summed E-state index contributed by atoms with van der Waals surface area (Å²) in [6, 6.07) is 10.5. The van der Waals surface area contributed by atoms with Crippen LogP contribution < -0.4 is 10.2 Å². The lowest BCUT2D eigenvalue weighted by Crippen LogP contribution is -2.29. The predicted molar refractivity (Wildman–Crippen MR) is 88.5 cm³/mol. The molecule has 1 amide bonds. The van der Waals surface area contributed by atoms with Crippen molar-refractivity contribution < 1.29 is 18.0 Å². The summed E-state index contributed by atoms with van der Waals surface area (Å²) < 4.78 is 24.2. The van der Waals surface area contributed by atoms with Crippen LogP contribution in [0.15, 0.2) is 46.7 Å². The van der Waals surface area contributed by atoms with Gasteiger partial charge in [-0.1, -0.05) is 35.2 Å². The van der Waals surface area contributed by atoms with E-state index in [1.807, 2.05) is 44.2 Å². The van der Waals surface area contributed by atoms with Crippen LogP contribution in [0, 0.1) is 0 Å². The predicted octanol–water partition coefficient (Wildman–Crippen LogP) is 2.30. The largest absolute Gasteiger partial charge is 0.349 e. The van der Waals surface area contributed by atoms with Crippen molar-refractivity contribution in [2.45, 2.75) is 31.4 Å². The van der Waals surface area contributed by atoms with Crippen molar-refractivity contribution in [2.24, 2.45) is 0 Å². The first-order valence-electron chi connectivity index (χ1n) is 6.95. The number of benzene rings is 1. The Kier molecular flexibility index (Phi) is 5.89. The van der Waals surface area contributed by atoms with E-state index in [4.69, 9.17) is 4.84 Å². The quantitative estimate of drug-likeness (QED) is 0.747. The van der Waals surface area contributed by atoms with Crippen LogP contribution in [0.25, 0.3) is 0 Å². The van der Waals surface area contributed by atoms with Gasteiger partial charge in [0.1, 0.15) is 0 Å². The van der Waals surface area contributed by atoms with Crippen LogP contribution in [0.3, 0.4) is 0 Å². The molecule has 0 fully saturated rings. The first-order chi connectivity index (χ1) is 10.9. The molecule has 0 aliphatic carbocycles. The third kappa shape index (κ3) is 5.14. The Morgan fingerprint density at radius 3 is 2.61 bits per heavy atom. The number of carbonyl (C=O) groups excluding carboxylic acids is 1. The van der Waals surface area contributed by atoms with Crippen LogP contribution in [-0.2, 0) is 21.5 Å². The molecule has 0 unspecified atom stereocenters. The fraction of sp³-hybridized carbons (Fsp3) is 0.267. The monoisotopic (exact) mass is 354 g/mol. The van der Waals surface area contributed by atoms with Gasteiger partial charge in [0.15, 0.2) is 0 Å². The van der Waals surface area contributed by atoms with Gasteiger partial charge in [0, 0.05) is 11.4 Å². The fourth-order valence-electron chi connectivity index (χ4n) is 1.72. The first-order valence-corrected chi connectivity index (χ1v) is 9.31. The molecular weight excluding hydrogens is 336 g/mol. The van der Waals surface area contributed by atoms with Crippen molar-refractivity contribution in [3.8, 4) is 0 Å². The molecule has 0 aliphatic rings. The van der Waals surface area contributed by atoms with E-state index in [1.165, 1.54) is 11.4 Å². The van der Waals surface area contributed by atoms with Gasteiger partial charge in [0.2, 0.25) is 0 Å². The Labute approximate surface area is 139 Å². The minimum atomic E-state index is -3.81. The molecule has 8 heteroatoms. The summed E-state index contributed by atoms with van der Waals surface area (Å²) in [7, 11) is -3.81. The lowest BCUT2D eigenvalue weighted by molar-refractivity contribution is 0.0795. The standard InChI is InChI=1S/C15H18N2O4S2/c1-11(2)16-15(18)14-8-13(10-22-14)23(19,20)17-21-9-12-6-4-3-5-7-12/h3-8,10-11,17H,9H2,1-2H3,(H,16,18). The van der Waals surface area contributed by atoms with E-state index in [1.54, 1.807) is 0 Å². The van der Waals surface area contributed by atoms with Crippen molar-refractivity contribution in [2.75, 3.05) is 0 Å². The molecule has 0 aliphatic heterocycles. The molecule has 2 rings (SSSR count). The van der Waals surface area contributed by atoms with Crippen LogP contribution in [0.1, 0.15) is 29.1 Å². The molecule has 0 bridgehead atoms. The highest BCUT2D eigenvalue weighted by molar-refractivity contribution is 7.89. The Morgan fingerprint density at radius 2 is 1.96 bits per heavy atom. The smallest absolute Gasteiger partial charge is 0.263 e. The van der Waals surface area contributed by atoms with Gasteiger partial charge in [0.05, 0.1) is 16.4 Å². The van der Waals surface area contributed by atoms with Gasteiger partial charge >= 0.3 is 0 Å². The molecular formula is C15H18N2O4S2. The average Bonchev–Trinajstić information content (AvgIpc) is 2.98. The average molecular weight is 354 g/mol. The van der Waals surface area contributed by atoms with Gasteiger partial charge in [-0.05, 0) is 25.5 Å². The van der Waals surface area contributed by atoms with Gasteiger partial charge < -0.3 is 5.32 Å². The highest BCUT2D eigenvalue weighted by atomic mass is 32.2. The Hall–Kier alpha value is -1.74. The molecule has 2 aromatic rings. The number of nitrogens with one attached hydrogen (secondary N) is 2. The molecule has 0 atom stereocenters. The fourth-order valence-corrected chi connectivity index (χ4v) is 3.71. The number of hydrogen-bond donors (Lipinski definition) is 2. The summed E-state index contributed by atoms with van der Waals surface area (Å²) in [5.41, 5.74) is 0.845. The molecule has 124 valence electrons. The highest BCUT2D eigenvalue weighted by Crippen LogP contribution is 2.19. The van der Waals surface area contributed by atoms with Crippen LogP contribution in [0.4, 0.5) is 0 Å². The number of amides is 1. The van der Waals surface area contributed by atoms with E-state index in [2.05, 4.69) is 10.2 Å². The van der Waals surface area contributed by atoms with Gasteiger partial charge in [-0.3, -0.25) is 9.63 Å². The summed E-state index contributed by atoms with van der Waals surface area (Å²) in [6.07, 6.45) is 0. The van der Waals surface area contributed by atoms with E-state index in [-0.39, 0.29) is 23.5 Å². The second kappa shape index (κ2) is 7.69. The van der Waals surface area contributed by atoms with Crippen LogP contribution in [0.2, 0.25) is 0 Å². The normalized spacial score (nSPS) is 11.6. The van der Waals surface area contributed by atoms with E-state index in [9.17, 15) is 13.2 Å². The molecule has 1 aromatic heterocycles. The number of sulfonamides is 1. The minimum absolute atomic E-state index is 0.00414. The van der Waals surface area contributed by atoms with E-state index in [0.29, 0.717) is 4.88 Å². The summed E-state index contributed by atoms with van der Waals surface area (Å²) in [4.78, 5) is 19.3. The van der Waals surface area contributed by atoms with E-state index < -0.39 is 10.0 Å².